The number of hydrogen-bond donors (Lipinski definition) is 1. The maximum absolute atomic E-state index is 13.8. The number of halogens is 4. The van der Waals surface area contributed by atoms with Gasteiger partial charge in [-0.05, 0) is 30.2 Å². The van der Waals surface area contributed by atoms with Gasteiger partial charge in [0.15, 0.2) is 5.82 Å². The van der Waals surface area contributed by atoms with Crippen molar-refractivity contribution in [1.29, 1.82) is 0 Å². The minimum absolute atomic E-state index is 0.0399. The molecule has 0 saturated heterocycles. The van der Waals surface area contributed by atoms with Crippen LogP contribution in [0.25, 0.3) is 0 Å². The summed E-state index contributed by atoms with van der Waals surface area (Å²) in [5.41, 5.74) is 1.14. The molecule has 0 bridgehead atoms. The van der Waals surface area contributed by atoms with Crippen LogP contribution < -0.4 is 5.32 Å². The summed E-state index contributed by atoms with van der Waals surface area (Å²) >= 11 is 9.27. The van der Waals surface area contributed by atoms with Crippen molar-refractivity contribution in [1.82, 2.24) is 0 Å². The van der Waals surface area contributed by atoms with Crippen molar-refractivity contribution < 1.29 is 8.78 Å². The number of nitrogens with one attached hydrogen (secondary N) is 1. The fraction of sp³-hybridized carbons (Fsp3) is 0.200. The Labute approximate surface area is 130 Å². The molecule has 0 saturated carbocycles. The molecular formula is C15H13BrClF2N. The first-order valence-corrected chi connectivity index (χ1v) is 7.35. The van der Waals surface area contributed by atoms with Crippen molar-refractivity contribution in [2.45, 2.75) is 19.4 Å². The lowest BCUT2D eigenvalue weighted by Crippen LogP contribution is -2.11. The van der Waals surface area contributed by atoms with Gasteiger partial charge in [0, 0.05) is 10.5 Å². The van der Waals surface area contributed by atoms with Gasteiger partial charge >= 0.3 is 0 Å². The number of hydrogen-bond acceptors (Lipinski definition) is 1. The molecule has 20 heavy (non-hydrogen) atoms. The summed E-state index contributed by atoms with van der Waals surface area (Å²) in [6.45, 7) is 1.98. The van der Waals surface area contributed by atoms with Crippen LogP contribution in [-0.2, 0) is 0 Å². The molecular weight excluding hydrogens is 348 g/mol. The molecule has 0 amide bonds. The van der Waals surface area contributed by atoms with E-state index in [4.69, 9.17) is 11.6 Å². The summed E-state index contributed by atoms with van der Waals surface area (Å²) in [5.74, 6) is -1.37. The summed E-state index contributed by atoms with van der Waals surface area (Å²) in [4.78, 5) is 0. The summed E-state index contributed by atoms with van der Waals surface area (Å²) in [6, 6.07) is 9.55. The van der Waals surface area contributed by atoms with Gasteiger partial charge in [0.25, 0.3) is 0 Å². The van der Waals surface area contributed by atoms with E-state index < -0.39 is 11.6 Å². The Balaban J connectivity index is 2.29. The van der Waals surface area contributed by atoms with Crippen LogP contribution in [0.4, 0.5) is 14.5 Å². The molecule has 1 atom stereocenters. The van der Waals surface area contributed by atoms with Crippen molar-refractivity contribution >= 4 is 33.2 Å². The van der Waals surface area contributed by atoms with E-state index in [-0.39, 0.29) is 16.8 Å². The SMILES string of the molecule is CCC(Nc1c(F)cc(F)cc1Cl)c1ccc(Br)cc1. The van der Waals surface area contributed by atoms with Crippen molar-refractivity contribution in [2.75, 3.05) is 5.32 Å². The van der Waals surface area contributed by atoms with Crippen LogP contribution in [0.5, 0.6) is 0 Å². The highest BCUT2D eigenvalue weighted by molar-refractivity contribution is 9.10. The topological polar surface area (TPSA) is 12.0 Å². The van der Waals surface area contributed by atoms with Gasteiger partial charge in [-0.1, -0.05) is 46.6 Å². The van der Waals surface area contributed by atoms with Crippen molar-refractivity contribution in [2.24, 2.45) is 0 Å². The van der Waals surface area contributed by atoms with Crippen LogP contribution in [0, 0.1) is 11.6 Å². The minimum Gasteiger partial charge on any atom is -0.375 e. The van der Waals surface area contributed by atoms with Crippen LogP contribution in [-0.4, -0.2) is 0 Å². The monoisotopic (exact) mass is 359 g/mol. The van der Waals surface area contributed by atoms with E-state index >= 15 is 0 Å². The van der Waals surface area contributed by atoms with E-state index in [1.165, 1.54) is 0 Å². The predicted octanol–water partition coefficient (Wildman–Crippen LogP) is 5.94. The minimum atomic E-state index is -0.689. The Morgan fingerprint density at radius 2 is 1.85 bits per heavy atom. The van der Waals surface area contributed by atoms with Crippen LogP contribution in [0.3, 0.4) is 0 Å². The third-order valence-electron chi connectivity index (χ3n) is 3.01. The molecule has 0 aromatic heterocycles. The molecule has 2 rings (SSSR count). The Morgan fingerprint density at radius 1 is 1.20 bits per heavy atom. The van der Waals surface area contributed by atoms with Crippen molar-refractivity contribution in [3.8, 4) is 0 Å². The lowest BCUT2D eigenvalue weighted by Gasteiger charge is -2.20. The third kappa shape index (κ3) is 3.49. The first-order chi connectivity index (χ1) is 9.51. The molecule has 0 fully saturated rings. The molecule has 0 spiro atoms. The standard InChI is InChI=1S/C15H13BrClF2N/c1-2-14(9-3-5-10(16)6-4-9)20-15-12(17)7-11(18)8-13(15)19/h3-8,14,20H,2H2,1H3. The van der Waals surface area contributed by atoms with Gasteiger partial charge in [0.05, 0.1) is 16.8 Å². The second-order valence-electron chi connectivity index (χ2n) is 4.40. The van der Waals surface area contributed by atoms with Gasteiger partial charge in [-0.3, -0.25) is 0 Å². The number of anilines is 1. The van der Waals surface area contributed by atoms with Crippen LogP contribution in [0.1, 0.15) is 24.9 Å². The molecule has 0 radical (unpaired) electrons. The highest BCUT2D eigenvalue weighted by Crippen LogP contribution is 2.31. The van der Waals surface area contributed by atoms with Gasteiger partial charge in [-0.2, -0.15) is 0 Å². The Kier molecular flexibility index (Phi) is 5.00. The summed E-state index contributed by atoms with van der Waals surface area (Å²) in [6.07, 6.45) is 0.745. The molecule has 5 heteroatoms. The maximum atomic E-state index is 13.8. The third-order valence-corrected chi connectivity index (χ3v) is 3.83. The van der Waals surface area contributed by atoms with E-state index in [1.807, 2.05) is 31.2 Å². The van der Waals surface area contributed by atoms with Gasteiger partial charge in [0.2, 0.25) is 0 Å². The molecule has 1 N–H and O–H groups in total. The van der Waals surface area contributed by atoms with Crippen LogP contribution >= 0.6 is 27.5 Å². The summed E-state index contributed by atoms with van der Waals surface area (Å²) in [5, 5.41) is 3.08. The summed E-state index contributed by atoms with van der Waals surface area (Å²) < 4.78 is 27.8. The summed E-state index contributed by atoms with van der Waals surface area (Å²) in [7, 11) is 0. The maximum Gasteiger partial charge on any atom is 0.150 e. The van der Waals surface area contributed by atoms with E-state index in [1.54, 1.807) is 0 Å². The van der Waals surface area contributed by atoms with E-state index in [0.29, 0.717) is 0 Å². The average Bonchev–Trinajstić information content (AvgIpc) is 2.39. The van der Waals surface area contributed by atoms with Crippen molar-refractivity contribution in [3.63, 3.8) is 0 Å². The zero-order valence-corrected chi connectivity index (χ0v) is 13.1. The largest absolute Gasteiger partial charge is 0.375 e. The lowest BCUT2D eigenvalue weighted by molar-refractivity contribution is 0.582. The van der Waals surface area contributed by atoms with Gasteiger partial charge < -0.3 is 5.32 Å². The smallest absolute Gasteiger partial charge is 0.150 e. The molecule has 0 aliphatic rings. The zero-order valence-electron chi connectivity index (χ0n) is 10.8. The lowest BCUT2D eigenvalue weighted by atomic mass is 10.0. The van der Waals surface area contributed by atoms with E-state index in [0.717, 1.165) is 28.6 Å². The molecule has 2 aromatic rings. The number of benzene rings is 2. The van der Waals surface area contributed by atoms with Crippen LogP contribution in [0.15, 0.2) is 40.9 Å². The van der Waals surface area contributed by atoms with E-state index in [2.05, 4.69) is 21.2 Å². The average molecular weight is 361 g/mol. The highest BCUT2D eigenvalue weighted by Gasteiger charge is 2.15. The quantitative estimate of drug-likeness (QED) is 0.711. The molecule has 0 aliphatic heterocycles. The van der Waals surface area contributed by atoms with Gasteiger partial charge in [-0.25, -0.2) is 8.78 Å². The first kappa shape index (κ1) is 15.3. The Morgan fingerprint density at radius 3 is 2.40 bits per heavy atom. The van der Waals surface area contributed by atoms with Gasteiger partial charge in [0.1, 0.15) is 5.82 Å². The molecule has 1 nitrogen and oxygen atoms in total. The zero-order chi connectivity index (χ0) is 14.7. The Bertz CT molecular complexity index is 578. The molecule has 106 valence electrons. The molecule has 1 unspecified atom stereocenters. The van der Waals surface area contributed by atoms with Crippen LogP contribution in [0.2, 0.25) is 5.02 Å². The predicted molar refractivity (Wildman–Crippen MR) is 82.2 cm³/mol. The normalized spacial score (nSPS) is 12.2. The second kappa shape index (κ2) is 6.55. The molecule has 0 heterocycles. The molecule has 0 aliphatic carbocycles. The Hall–Kier alpha value is -1.13. The van der Waals surface area contributed by atoms with E-state index in [9.17, 15) is 8.78 Å². The first-order valence-electron chi connectivity index (χ1n) is 6.17. The molecule has 2 aromatic carbocycles. The van der Waals surface area contributed by atoms with Crippen molar-refractivity contribution in [3.05, 3.63) is 63.1 Å². The fourth-order valence-corrected chi connectivity index (χ4v) is 2.48. The van der Waals surface area contributed by atoms with Gasteiger partial charge in [-0.15, -0.1) is 0 Å². The highest BCUT2D eigenvalue weighted by atomic mass is 79.9. The fourth-order valence-electron chi connectivity index (χ4n) is 1.97. The number of rotatable bonds is 4. The second-order valence-corrected chi connectivity index (χ2v) is 5.72.